The first-order valence-corrected chi connectivity index (χ1v) is 5.85. The van der Waals surface area contributed by atoms with Crippen molar-refractivity contribution in [2.24, 2.45) is 0 Å². The molecule has 0 amide bonds. The van der Waals surface area contributed by atoms with E-state index in [-0.39, 0.29) is 17.2 Å². The summed E-state index contributed by atoms with van der Waals surface area (Å²) in [6, 6.07) is 11.3. The molecule has 0 aromatic heterocycles. The van der Waals surface area contributed by atoms with E-state index in [1.165, 1.54) is 18.7 Å². The molecule has 0 atom stereocenters. The molecule has 0 aliphatic rings. The molecule has 2 N–H and O–H groups in total. The third-order valence-electron chi connectivity index (χ3n) is 2.94. The third-order valence-corrected chi connectivity index (χ3v) is 2.94. The maximum Gasteiger partial charge on any atom is 0.200 e. The molecule has 18 heavy (non-hydrogen) atoms. The van der Waals surface area contributed by atoms with Crippen molar-refractivity contribution in [3.8, 4) is 28.4 Å². The van der Waals surface area contributed by atoms with Gasteiger partial charge in [0.2, 0.25) is 5.75 Å². The Balaban J connectivity index is 2.53. The van der Waals surface area contributed by atoms with Gasteiger partial charge < -0.3 is 14.9 Å². The minimum Gasteiger partial charge on any atom is -0.504 e. The molecule has 2 aromatic rings. The summed E-state index contributed by atoms with van der Waals surface area (Å²) >= 11 is 0. The Morgan fingerprint density at radius 3 is 2.50 bits per heavy atom. The minimum atomic E-state index is -0.229. The second kappa shape index (κ2) is 5.00. The van der Waals surface area contributed by atoms with Gasteiger partial charge in [0.05, 0.1) is 7.11 Å². The van der Waals surface area contributed by atoms with Gasteiger partial charge in [-0.2, -0.15) is 0 Å². The summed E-state index contributed by atoms with van der Waals surface area (Å²) in [5.74, 6) is -0.133. The van der Waals surface area contributed by atoms with Crippen molar-refractivity contribution in [1.82, 2.24) is 0 Å². The molecule has 3 nitrogen and oxygen atoms in total. The summed E-state index contributed by atoms with van der Waals surface area (Å²) in [4.78, 5) is 0. The van der Waals surface area contributed by atoms with Crippen LogP contribution in [0.4, 0.5) is 0 Å². The maximum atomic E-state index is 9.67. The van der Waals surface area contributed by atoms with E-state index in [1.54, 1.807) is 6.07 Å². The molecular formula is C15H16O3. The zero-order valence-corrected chi connectivity index (χ0v) is 10.5. The SMILES string of the molecule is CCc1cccc(-c2cc(O)c(O)c(OC)c2)c1. The van der Waals surface area contributed by atoms with Crippen LogP contribution in [-0.2, 0) is 6.42 Å². The van der Waals surface area contributed by atoms with Crippen molar-refractivity contribution < 1.29 is 14.9 Å². The first-order valence-electron chi connectivity index (χ1n) is 5.85. The van der Waals surface area contributed by atoms with Crippen molar-refractivity contribution in [2.75, 3.05) is 7.11 Å². The highest BCUT2D eigenvalue weighted by atomic mass is 16.5. The fraction of sp³-hybridized carbons (Fsp3) is 0.200. The van der Waals surface area contributed by atoms with E-state index in [9.17, 15) is 10.2 Å². The quantitative estimate of drug-likeness (QED) is 0.814. The van der Waals surface area contributed by atoms with Gasteiger partial charge in [-0.05, 0) is 35.2 Å². The number of hydrogen-bond acceptors (Lipinski definition) is 3. The second-order valence-electron chi connectivity index (χ2n) is 4.10. The van der Waals surface area contributed by atoms with Crippen LogP contribution in [-0.4, -0.2) is 17.3 Å². The van der Waals surface area contributed by atoms with Crippen LogP contribution in [0.1, 0.15) is 12.5 Å². The van der Waals surface area contributed by atoms with Crippen molar-refractivity contribution in [2.45, 2.75) is 13.3 Å². The molecule has 0 heterocycles. The van der Waals surface area contributed by atoms with Crippen LogP contribution < -0.4 is 4.74 Å². The molecule has 0 aliphatic heterocycles. The number of aromatic hydroxyl groups is 2. The normalized spacial score (nSPS) is 10.3. The van der Waals surface area contributed by atoms with Gasteiger partial charge in [0.25, 0.3) is 0 Å². The zero-order valence-electron chi connectivity index (χ0n) is 10.5. The van der Waals surface area contributed by atoms with Gasteiger partial charge in [0, 0.05) is 0 Å². The van der Waals surface area contributed by atoms with Gasteiger partial charge in [-0.1, -0.05) is 31.2 Å². The zero-order chi connectivity index (χ0) is 13.1. The van der Waals surface area contributed by atoms with Gasteiger partial charge in [-0.25, -0.2) is 0 Å². The molecule has 0 unspecified atom stereocenters. The maximum absolute atomic E-state index is 9.67. The molecule has 0 saturated carbocycles. The van der Waals surface area contributed by atoms with E-state index in [4.69, 9.17) is 4.74 Å². The van der Waals surface area contributed by atoms with Crippen LogP contribution in [0, 0.1) is 0 Å². The molecule has 0 saturated heterocycles. The van der Waals surface area contributed by atoms with Crippen LogP contribution in [0.2, 0.25) is 0 Å². The smallest absolute Gasteiger partial charge is 0.200 e. The van der Waals surface area contributed by atoms with E-state index in [2.05, 4.69) is 19.1 Å². The lowest BCUT2D eigenvalue weighted by molar-refractivity contribution is 0.351. The molecular weight excluding hydrogens is 228 g/mol. The number of rotatable bonds is 3. The molecule has 0 spiro atoms. The van der Waals surface area contributed by atoms with Crippen LogP contribution in [0.15, 0.2) is 36.4 Å². The van der Waals surface area contributed by atoms with Crippen LogP contribution in [0.25, 0.3) is 11.1 Å². The number of hydrogen-bond donors (Lipinski definition) is 2. The monoisotopic (exact) mass is 244 g/mol. The minimum absolute atomic E-state index is 0.175. The van der Waals surface area contributed by atoms with Crippen molar-refractivity contribution in [3.63, 3.8) is 0 Å². The summed E-state index contributed by atoms with van der Waals surface area (Å²) in [7, 11) is 1.46. The van der Waals surface area contributed by atoms with Crippen LogP contribution in [0.5, 0.6) is 17.2 Å². The van der Waals surface area contributed by atoms with Gasteiger partial charge in [0.1, 0.15) is 0 Å². The van der Waals surface area contributed by atoms with Gasteiger partial charge >= 0.3 is 0 Å². The summed E-state index contributed by atoms with van der Waals surface area (Å²) in [6.45, 7) is 2.09. The Hall–Kier alpha value is -2.16. The van der Waals surface area contributed by atoms with Crippen molar-refractivity contribution >= 4 is 0 Å². The summed E-state index contributed by atoms with van der Waals surface area (Å²) in [5.41, 5.74) is 3.03. The van der Waals surface area contributed by atoms with E-state index in [0.29, 0.717) is 0 Å². The second-order valence-corrected chi connectivity index (χ2v) is 4.10. The summed E-state index contributed by atoms with van der Waals surface area (Å²) in [5, 5.41) is 19.3. The first-order chi connectivity index (χ1) is 8.65. The summed E-state index contributed by atoms with van der Waals surface area (Å²) < 4.78 is 5.03. The molecule has 2 rings (SSSR count). The van der Waals surface area contributed by atoms with Gasteiger partial charge in [0.15, 0.2) is 11.5 Å². The Morgan fingerprint density at radius 1 is 1.06 bits per heavy atom. The number of phenols is 2. The predicted octanol–water partition coefficient (Wildman–Crippen LogP) is 3.34. The number of ether oxygens (including phenoxy) is 1. The Bertz CT molecular complexity index is 562. The van der Waals surface area contributed by atoms with E-state index < -0.39 is 0 Å². The lowest BCUT2D eigenvalue weighted by Gasteiger charge is -2.09. The fourth-order valence-corrected chi connectivity index (χ4v) is 1.89. The topological polar surface area (TPSA) is 49.7 Å². The highest BCUT2D eigenvalue weighted by molar-refractivity contribution is 5.70. The van der Waals surface area contributed by atoms with E-state index >= 15 is 0 Å². The number of phenolic OH excluding ortho intramolecular Hbond substituents is 2. The first kappa shape index (κ1) is 12.3. The van der Waals surface area contributed by atoms with Crippen LogP contribution >= 0.6 is 0 Å². The number of aryl methyl sites for hydroxylation is 1. The third kappa shape index (κ3) is 2.25. The fourth-order valence-electron chi connectivity index (χ4n) is 1.89. The lowest BCUT2D eigenvalue weighted by Crippen LogP contribution is -1.87. The van der Waals surface area contributed by atoms with E-state index in [1.807, 2.05) is 12.1 Å². The average Bonchev–Trinajstić information content (AvgIpc) is 2.41. The molecule has 0 radical (unpaired) electrons. The molecule has 2 aromatic carbocycles. The van der Waals surface area contributed by atoms with Gasteiger partial charge in [-0.15, -0.1) is 0 Å². The molecule has 94 valence electrons. The van der Waals surface area contributed by atoms with Crippen LogP contribution in [0.3, 0.4) is 0 Å². The molecule has 0 aliphatic carbocycles. The lowest BCUT2D eigenvalue weighted by atomic mass is 10.0. The largest absolute Gasteiger partial charge is 0.504 e. The molecule has 0 fully saturated rings. The van der Waals surface area contributed by atoms with Crippen molar-refractivity contribution in [1.29, 1.82) is 0 Å². The number of benzene rings is 2. The highest BCUT2D eigenvalue weighted by Gasteiger charge is 2.10. The Kier molecular flexibility index (Phi) is 3.42. The van der Waals surface area contributed by atoms with E-state index in [0.717, 1.165) is 17.5 Å². The van der Waals surface area contributed by atoms with Crippen molar-refractivity contribution in [3.05, 3.63) is 42.0 Å². The average molecular weight is 244 g/mol. The highest BCUT2D eigenvalue weighted by Crippen LogP contribution is 2.39. The molecule has 3 heteroatoms. The molecule has 0 bridgehead atoms. The van der Waals surface area contributed by atoms with Gasteiger partial charge in [-0.3, -0.25) is 0 Å². The standard InChI is InChI=1S/C15H16O3/c1-3-10-5-4-6-11(7-10)12-8-13(16)15(17)14(9-12)18-2/h4-9,16-17H,3H2,1-2H3. The predicted molar refractivity (Wildman–Crippen MR) is 71.1 cm³/mol. The summed E-state index contributed by atoms with van der Waals surface area (Å²) in [6.07, 6.45) is 0.953. The Morgan fingerprint density at radius 2 is 1.83 bits per heavy atom. The number of methoxy groups -OCH3 is 1. The Labute approximate surface area is 106 Å².